The highest BCUT2D eigenvalue weighted by atomic mass is 16.5. The van der Waals surface area contributed by atoms with Crippen LogP contribution in [0.1, 0.15) is 50.3 Å². The molecule has 1 unspecified atom stereocenters. The molecule has 1 aliphatic rings. The molecule has 1 atom stereocenters. The Balaban J connectivity index is 2.22. The van der Waals surface area contributed by atoms with Crippen LogP contribution in [0.5, 0.6) is 0 Å². The van der Waals surface area contributed by atoms with E-state index < -0.39 is 11.7 Å². The first kappa shape index (κ1) is 15.5. The number of hydrogen-bond acceptors (Lipinski definition) is 3. The van der Waals surface area contributed by atoms with Gasteiger partial charge >= 0.3 is 0 Å². The molecule has 1 heterocycles. The van der Waals surface area contributed by atoms with Gasteiger partial charge in [-0.25, -0.2) is 0 Å². The predicted molar refractivity (Wildman–Crippen MR) is 79.8 cm³/mol. The number of aliphatic hydroxyl groups is 1. The van der Waals surface area contributed by atoms with E-state index in [1.807, 2.05) is 19.1 Å². The van der Waals surface area contributed by atoms with Crippen molar-refractivity contribution >= 4 is 0 Å². The van der Waals surface area contributed by atoms with Gasteiger partial charge in [0.2, 0.25) is 0 Å². The van der Waals surface area contributed by atoms with Crippen LogP contribution in [0.15, 0.2) is 24.3 Å². The van der Waals surface area contributed by atoms with Gasteiger partial charge in [0.05, 0.1) is 0 Å². The van der Waals surface area contributed by atoms with Crippen LogP contribution in [0.3, 0.4) is 0 Å². The molecule has 0 aliphatic carbocycles. The average molecular weight is 278 g/mol. The summed E-state index contributed by atoms with van der Waals surface area (Å²) in [5.41, 5.74) is 1.76. The third kappa shape index (κ3) is 3.40. The van der Waals surface area contributed by atoms with Crippen LogP contribution < -0.4 is 0 Å². The van der Waals surface area contributed by atoms with E-state index in [4.69, 9.17) is 9.47 Å². The first-order valence-corrected chi connectivity index (χ1v) is 7.70. The zero-order chi connectivity index (χ0) is 14.4. The molecule has 1 aromatic carbocycles. The highest BCUT2D eigenvalue weighted by molar-refractivity contribution is 5.27. The van der Waals surface area contributed by atoms with Gasteiger partial charge in [0, 0.05) is 32.7 Å². The first-order chi connectivity index (χ1) is 9.72. The molecule has 0 bridgehead atoms. The van der Waals surface area contributed by atoms with Crippen LogP contribution in [-0.4, -0.2) is 30.5 Å². The van der Waals surface area contributed by atoms with Crippen molar-refractivity contribution in [2.24, 2.45) is 0 Å². The lowest BCUT2D eigenvalue weighted by molar-refractivity contribution is -0.168. The van der Waals surface area contributed by atoms with Crippen molar-refractivity contribution in [1.82, 2.24) is 0 Å². The highest BCUT2D eigenvalue weighted by Crippen LogP contribution is 2.38. The number of aryl methyl sites for hydroxylation is 1. The van der Waals surface area contributed by atoms with Gasteiger partial charge in [-0.2, -0.15) is 0 Å². The Kier molecular flexibility index (Phi) is 5.58. The minimum Gasteiger partial charge on any atom is -0.385 e. The molecule has 1 saturated heterocycles. The Morgan fingerprint density at radius 1 is 1.30 bits per heavy atom. The van der Waals surface area contributed by atoms with Crippen LogP contribution in [0, 0.1) is 0 Å². The van der Waals surface area contributed by atoms with Crippen LogP contribution in [-0.2, 0) is 15.9 Å². The van der Waals surface area contributed by atoms with Gasteiger partial charge in [-0.05, 0) is 24.5 Å². The van der Waals surface area contributed by atoms with Crippen molar-refractivity contribution in [3.8, 4) is 0 Å². The lowest BCUT2D eigenvalue weighted by Gasteiger charge is -2.40. The van der Waals surface area contributed by atoms with E-state index in [9.17, 15) is 5.11 Å². The maximum atomic E-state index is 10.8. The second kappa shape index (κ2) is 7.21. The summed E-state index contributed by atoms with van der Waals surface area (Å²) in [4.78, 5) is 0. The van der Waals surface area contributed by atoms with E-state index in [-0.39, 0.29) is 0 Å². The average Bonchev–Trinajstić information content (AvgIpc) is 2.48. The molecule has 0 radical (unpaired) electrons. The van der Waals surface area contributed by atoms with E-state index >= 15 is 0 Å². The largest absolute Gasteiger partial charge is 0.385 e. The third-order valence-electron chi connectivity index (χ3n) is 4.07. The van der Waals surface area contributed by atoms with Crippen molar-refractivity contribution in [3.05, 3.63) is 35.4 Å². The number of benzene rings is 1. The number of ether oxygens (including phenoxy) is 2. The molecule has 1 N–H and O–H groups in total. The molecule has 20 heavy (non-hydrogen) atoms. The summed E-state index contributed by atoms with van der Waals surface area (Å²) >= 11 is 0. The monoisotopic (exact) mass is 278 g/mol. The molecule has 0 saturated carbocycles. The van der Waals surface area contributed by atoms with Gasteiger partial charge in [-0.3, -0.25) is 0 Å². The first-order valence-electron chi connectivity index (χ1n) is 7.70. The van der Waals surface area contributed by atoms with Crippen molar-refractivity contribution in [2.75, 3.05) is 19.8 Å². The summed E-state index contributed by atoms with van der Waals surface area (Å²) in [6, 6.07) is 8.27. The SMILES string of the molecule is CCCc1cccc(C(O)C2(OCC)CCOCC2)c1. The second-order valence-electron chi connectivity index (χ2n) is 5.51. The molecule has 1 aliphatic heterocycles. The normalized spacial score (nSPS) is 19.8. The maximum absolute atomic E-state index is 10.8. The molecule has 112 valence electrons. The summed E-state index contributed by atoms with van der Waals surface area (Å²) < 4.78 is 11.4. The van der Waals surface area contributed by atoms with Crippen LogP contribution in [0.2, 0.25) is 0 Å². The maximum Gasteiger partial charge on any atom is 0.108 e. The summed E-state index contributed by atoms with van der Waals surface area (Å²) in [5, 5.41) is 10.8. The molecule has 2 rings (SSSR count). The molecule has 3 nitrogen and oxygen atoms in total. The van der Waals surface area contributed by atoms with Gasteiger partial charge in [0.25, 0.3) is 0 Å². The quantitative estimate of drug-likeness (QED) is 0.868. The fourth-order valence-corrected chi connectivity index (χ4v) is 3.01. The summed E-state index contributed by atoms with van der Waals surface area (Å²) in [7, 11) is 0. The minimum atomic E-state index is -0.580. The van der Waals surface area contributed by atoms with Gasteiger partial charge < -0.3 is 14.6 Å². The Morgan fingerprint density at radius 3 is 2.70 bits per heavy atom. The lowest BCUT2D eigenvalue weighted by Crippen LogP contribution is -2.44. The van der Waals surface area contributed by atoms with Gasteiger partial charge in [0.15, 0.2) is 0 Å². The predicted octanol–water partition coefficient (Wildman–Crippen LogP) is 3.26. The molecular formula is C17H26O3. The summed E-state index contributed by atoms with van der Waals surface area (Å²) in [6.45, 7) is 6.09. The fourth-order valence-electron chi connectivity index (χ4n) is 3.01. The molecular weight excluding hydrogens is 252 g/mol. The number of aliphatic hydroxyl groups excluding tert-OH is 1. The lowest BCUT2D eigenvalue weighted by atomic mass is 9.83. The summed E-state index contributed by atoms with van der Waals surface area (Å²) in [5.74, 6) is 0. The minimum absolute atomic E-state index is 0.488. The number of rotatable bonds is 6. The molecule has 0 spiro atoms. The van der Waals surface area contributed by atoms with E-state index in [1.54, 1.807) is 0 Å². The third-order valence-corrected chi connectivity index (χ3v) is 4.07. The van der Waals surface area contributed by atoms with Crippen LogP contribution in [0.4, 0.5) is 0 Å². The molecule has 0 aromatic heterocycles. The zero-order valence-corrected chi connectivity index (χ0v) is 12.6. The van der Waals surface area contributed by atoms with Crippen molar-refractivity contribution in [3.63, 3.8) is 0 Å². The van der Waals surface area contributed by atoms with Crippen LogP contribution >= 0.6 is 0 Å². The highest BCUT2D eigenvalue weighted by Gasteiger charge is 2.41. The topological polar surface area (TPSA) is 38.7 Å². The van der Waals surface area contributed by atoms with E-state index in [2.05, 4.69) is 19.1 Å². The summed E-state index contributed by atoms with van der Waals surface area (Å²) in [6.07, 6.45) is 3.08. The zero-order valence-electron chi connectivity index (χ0n) is 12.6. The van der Waals surface area contributed by atoms with Crippen molar-refractivity contribution < 1.29 is 14.6 Å². The fraction of sp³-hybridized carbons (Fsp3) is 0.647. The van der Waals surface area contributed by atoms with E-state index in [0.717, 1.165) is 31.2 Å². The van der Waals surface area contributed by atoms with Crippen molar-refractivity contribution in [2.45, 2.75) is 51.2 Å². The number of hydrogen-bond donors (Lipinski definition) is 1. The van der Waals surface area contributed by atoms with Crippen molar-refractivity contribution in [1.29, 1.82) is 0 Å². The standard InChI is InChI=1S/C17H26O3/c1-3-6-14-7-5-8-15(13-14)16(18)17(20-4-2)9-11-19-12-10-17/h5,7-8,13,16,18H,3-4,6,9-12H2,1-2H3. The second-order valence-corrected chi connectivity index (χ2v) is 5.51. The van der Waals surface area contributed by atoms with Gasteiger partial charge in [-0.1, -0.05) is 37.6 Å². The molecule has 1 fully saturated rings. The molecule has 1 aromatic rings. The van der Waals surface area contributed by atoms with Gasteiger partial charge in [0.1, 0.15) is 11.7 Å². The van der Waals surface area contributed by atoms with E-state index in [0.29, 0.717) is 19.8 Å². The van der Waals surface area contributed by atoms with Gasteiger partial charge in [-0.15, -0.1) is 0 Å². The molecule has 0 amide bonds. The Labute approximate surface area is 121 Å². The van der Waals surface area contributed by atoms with E-state index in [1.165, 1.54) is 5.56 Å². The Bertz CT molecular complexity index is 405. The molecule has 3 heteroatoms. The Hall–Kier alpha value is -0.900. The smallest absolute Gasteiger partial charge is 0.108 e. The Morgan fingerprint density at radius 2 is 2.05 bits per heavy atom. The van der Waals surface area contributed by atoms with Crippen LogP contribution in [0.25, 0.3) is 0 Å².